The van der Waals surface area contributed by atoms with Crippen LogP contribution in [0.5, 0.6) is 0 Å². The van der Waals surface area contributed by atoms with Crippen molar-refractivity contribution in [2.24, 2.45) is 0 Å². The lowest BCUT2D eigenvalue weighted by atomic mass is 10.0. The number of rotatable bonds is 5. The van der Waals surface area contributed by atoms with Gasteiger partial charge in [0.1, 0.15) is 11.9 Å². The number of aromatic nitrogens is 1. The van der Waals surface area contributed by atoms with Crippen LogP contribution < -0.4 is 4.90 Å². The van der Waals surface area contributed by atoms with Gasteiger partial charge in [0.2, 0.25) is 0 Å². The van der Waals surface area contributed by atoms with Crippen molar-refractivity contribution in [3.8, 4) is 6.07 Å². The van der Waals surface area contributed by atoms with E-state index < -0.39 is 5.97 Å². The van der Waals surface area contributed by atoms with Crippen LogP contribution in [0, 0.1) is 18.3 Å². The highest BCUT2D eigenvalue weighted by atomic mass is 16.4. The molecule has 0 saturated carbocycles. The Bertz CT molecular complexity index is 884. The van der Waals surface area contributed by atoms with Crippen LogP contribution >= 0.6 is 0 Å². The average Bonchev–Trinajstić information content (AvgIpc) is 3.11. The number of carbonyl (C=O) groups is 1. The predicted molar refractivity (Wildman–Crippen MR) is 104 cm³/mol. The first-order valence-corrected chi connectivity index (χ1v) is 9.06. The zero-order chi connectivity index (χ0) is 19.6. The maximum absolute atomic E-state index is 11.4. The lowest BCUT2D eigenvalue weighted by Crippen LogP contribution is -2.25. The van der Waals surface area contributed by atoms with Crippen LogP contribution in [-0.4, -0.2) is 41.6 Å². The molecule has 0 bridgehead atoms. The summed E-state index contributed by atoms with van der Waals surface area (Å²) in [6.45, 7) is 3.37. The van der Waals surface area contributed by atoms with Gasteiger partial charge in [0.25, 0.3) is 0 Å². The van der Waals surface area contributed by atoms with E-state index in [0.717, 1.165) is 25.9 Å². The van der Waals surface area contributed by atoms with Crippen molar-refractivity contribution >= 4 is 11.8 Å². The minimum Gasteiger partial charge on any atom is -0.478 e. The Morgan fingerprint density at radius 2 is 2.07 bits per heavy atom. The number of hydrogen-bond donors (Lipinski definition) is 1. The first-order valence-electron chi connectivity index (χ1n) is 9.06. The second-order valence-electron chi connectivity index (χ2n) is 7.24. The van der Waals surface area contributed by atoms with Gasteiger partial charge in [-0.25, -0.2) is 9.78 Å². The summed E-state index contributed by atoms with van der Waals surface area (Å²) >= 11 is 0. The van der Waals surface area contributed by atoms with Crippen molar-refractivity contribution in [1.29, 1.82) is 5.26 Å². The zero-order valence-corrected chi connectivity index (χ0v) is 15.9. The van der Waals surface area contributed by atoms with Crippen molar-refractivity contribution in [2.75, 3.05) is 25.5 Å². The van der Waals surface area contributed by atoms with Crippen LogP contribution in [0.2, 0.25) is 0 Å². The molecule has 0 amide bonds. The van der Waals surface area contributed by atoms with Gasteiger partial charge in [0.15, 0.2) is 0 Å². The first-order chi connectivity index (χ1) is 12.9. The lowest BCUT2D eigenvalue weighted by molar-refractivity contribution is 0.0695. The van der Waals surface area contributed by atoms with Gasteiger partial charge in [0.05, 0.1) is 22.9 Å². The molecule has 1 fully saturated rings. The molecule has 0 radical (unpaired) electrons. The first kappa shape index (κ1) is 18.9. The van der Waals surface area contributed by atoms with Crippen molar-refractivity contribution in [3.63, 3.8) is 0 Å². The Morgan fingerprint density at radius 1 is 1.37 bits per heavy atom. The number of anilines is 1. The number of carboxylic acids is 1. The van der Waals surface area contributed by atoms with E-state index in [1.165, 1.54) is 17.2 Å². The van der Waals surface area contributed by atoms with Crippen molar-refractivity contribution in [3.05, 3.63) is 58.3 Å². The maximum atomic E-state index is 11.4. The van der Waals surface area contributed by atoms with E-state index in [0.29, 0.717) is 17.1 Å². The SMILES string of the molecule is Cc1nc(N2CCCC2c2ccc(CN(C)C)cc2)c(C#N)cc1C(=O)O. The van der Waals surface area contributed by atoms with Crippen molar-refractivity contribution in [2.45, 2.75) is 32.4 Å². The minimum absolute atomic E-state index is 0.0825. The molecule has 1 N–H and O–H groups in total. The van der Waals surface area contributed by atoms with Gasteiger partial charge < -0.3 is 14.9 Å². The average molecular weight is 364 g/mol. The normalized spacial score (nSPS) is 16.6. The monoisotopic (exact) mass is 364 g/mol. The predicted octanol–water partition coefficient (Wildman–Crippen LogP) is 3.36. The second kappa shape index (κ2) is 7.77. The fourth-order valence-electron chi connectivity index (χ4n) is 3.69. The lowest BCUT2D eigenvalue weighted by Gasteiger charge is -2.27. The van der Waals surface area contributed by atoms with Crippen LogP contribution in [0.1, 0.15) is 51.6 Å². The highest BCUT2D eigenvalue weighted by Gasteiger charge is 2.30. The molecule has 27 heavy (non-hydrogen) atoms. The molecule has 1 atom stereocenters. The number of benzene rings is 1. The van der Waals surface area contributed by atoms with Gasteiger partial charge in [-0.3, -0.25) is 0 Å². The van der Waals surface area contributed by atoms with E-state index >= 15 is 0 Å². The quantitative estimate of drug-likeness (QED) is 0.876. The molecule has 1 saturated heterocycles. The summed E-state index contributed by atoms with van der Waals surface area (Å²) < 4.78 is 0. The molecule has 6 heteroatoms. The number of hydrogen-bond acceptors (Lipinski definition) is 5. The third-order valence-electron chi connectivity index (χ3n) is 4.93. The molecule has 1 aliphatic rings. The Balaban J connectivity index is 1.94. The summed E-state index contributed by atoms with van der Waals surface area (Å²) in [5.74, 6) is -0.475. The summed E-state index contributed by atoms with van der Waals surface area (Å²) in [5.41, 5.74) is 3.28. The van der Waals surface area contributed by atoms with E-state index in [1.807, 2.05) is 14.1 Å². The Labute approximate surface area is 159 Å². The fraction of sp³-hybridized carbons (Fsp3) is 0.381. The number of carboxylic acid groups (broad SMARTS) is 1. The zero-order valence-electron chi connectivity index (χ0n) is 15.9. The molecular formula is C21H24N4O2. The van der Waals surface area contributed by atoms with E-state index in [-0.39, 0.29) is 11.6 Å². The summed E-state index contributed by atoms with van der Waals surface area (Å²) in [7, 11) is 4.09. The number of pyridine rings is 1. The minimum atomic E-state index is -1.06. The number of aryl methyl sites for hydroxylation is 1. The molecule has 6 nitrogen and oxygen atoms in total. The van der Waals surface area contributed by atoms with Crippen molar-refractivity contribution < 1.29 is 9.90 Å². The van der Waals surface area contributed by atoms with Gasteiger partial charge in [-0.05, 0) is 51.1 Å². The topological polar surface area (TPSA) is 80.5 Å². The maximum Gasteiger partial charge on any atom is 0.337 e. The van der Waals surface area contributed by atoms with E-state index in [4.69, 9.17) is 0 Å². The third-order valence-corrected chi connectivity index (χ3v) is 4.93. The third kappa shape index (κ3) is 3.93. The number of nitrogens with zero attached hydrogens (tertiary/aromatic N) is 4. The molecule has 140 valence electrons. The molecule has 1 aromatic carbocycles. The van der Waals surface area contributed by atoms with Crippen LogP contribution in [0.25, 0.3) is 0 Å². The summed E-state index contributed by atoms with van der Waals surface area (Å²) in [4.78, 5) is 20.1. The van der Waals surface area contributed by atoms with Crippen LogP contribution in [0.15, 0.2) is 30.3 Å². The van der Waals surface area contributed by atoms with E-state index in [1.54, 1.807) is 6.92 Å². The van der Waals surface area contributed by atoms with Gasteiger partial charge in [-0.2, -0.15) is 5.26 Å². The fourth-order valence-corrected chi connectivity index (χ4v) is 3.69. The number of aromatic carboxylic acids is 1. The van der Waals surface area contributed by atoms with Crippen LogP contribution in [0.3, 0.4) is 0 Å². The van der Waals surface area contributed by atoms with Gasteiger partial charge in [-0.15, -0.1) is 0 Å². The summed E-state index contributed by atoms with van der Waals surface area (Å²) in [6, 6.07) is 12.3. The van der Waals surface area contributed by atoms with Gasteiger partial charge >= 0.3 is 5.97 Å². The molecule has 0 spiro atoms. The van der Waals surface area contributed by atoms with Crippen LogP contribution in [0.4, 0.5) is 5.82 Å². The summed E-state index contributed by atoms with van der Waals surface area (Å²) in [6.07, 6.45) is 2.00. The molecule has 2 heterocycles. The molecule has 1 unspecified atom stereocenters. The van der Waals surface area contributed by atoms with Gasteiger partial charge in [-0.1, -0.05) is 24.3 Å². The Morgan fingerprint density at radius 3 is 2.67 bits per heavy atom. The molecular weight excluding hydrogens is 340 g/mol. The smallest absolute Gasteiger partial charge is 0.337 e. The summed E-state index contributed by atoms with van der Waals surface area (Å²) in [5, 5.41) is 18.8. The molecule has 3 rings (SSSR count). The van der Waals surface area contributed by atoms with Gasteiger partial charge in [0, 0.05) is 13.1 Å². The molecule has 1 aliphatic heterocycles. The molecule has 1 aromatic heterocycles. The Kier molecular flexibility index (Phi) is 5.43. The second-order valence-corrected chi connectivity index (χ2v) is 7.24. The molecule has 2 aromatic rings. The van der Waals surface area contributed by atoms with E-state index in [2.05, 4.69) is 45.1 Å². The highest BCUT2D eigenvalue weighted by molar-refractivity contribution is 5.90. The van der Waals surface area contributed by atoms with Crippen LogP contribution in [-0.2, 0) is 6.54 Å². The van der Waals surface area contributed by atoms with E-state index in [9.17, 15) is 15.2 Å². The number of nitriles is 1. The standard InChI is InChI=1S/C21H24N4O2/c1-14-18(21(26)27)11-17(12-22)20(23-14)25-10-4-5-19(25)16-8-6-15(7-9-16)13-24(2)3/h6-9,11,19H,4-5,10,13H2,1-3H3,(H,26,27). The van der Waals surface area contributed by atoms with Crippen molar-refractivity contribution in [1.82, 2.24) is 9.88 Å². The molecule has 0 aliphatic carbocycles. The highest BCUT2D eigenvalue weighted by Crippen LogP contribution is 2.37. The largest absolute Gasteiger partial charge is 0.478 e. The Hall–Kier alpha value is -2.91.